The van der Waals surface area contributed by atoms with E-state index >= 15 is 0 Å². The standard InChI is InChI=1S/C15H25N3O2/c1-18(2)9-11-20-10-8-17-15(19)14(16)12-13-6-4-3-5-7-13/h3-7,14H,8-12,16H2,1-2H3,(H,17,19)/t14-/m1/s1. The molecule has 0 spiro atoms. The van der Waals surface area contributed by atoms with Crippen molar-refractivity contribution in [3.8, 4) is 0 Å². The van der Waals surface area contributed by atoms with Crippen LogP contribution in [0.15, 0.2) is 30.3 Å². The van der Waals surface area contributed by atoms with Gasteiger partial charge in [0.25, 0.3) is 0 Å². The van der Waals surface area contributed by atoms with Crippen LogP contribution in [-0.2, 0) is 16.0 Å². The van der Waals surface area contributed by atoms with Crippen LogP contribution < -0.4 is 11.1 Å². The van der Waals surface area contributed by atoms with Crippen molar-refractivity contribution < 1.29 is 9.53 Å². The molecule has 112 valence electrons. The molecule has 0 fully saturated rings. The van der Waals surface area contributed by atoms with Crippen molar-refractivity contribution in [2.24, 2.45) is 5.73 Å². The van der Waals surface area contributed by atoms with Crippen LogP contribution in [0.1, 0.15) is 5.56 Å². The van der Waals surface area contributed by atoms with Gasteiger partial charge in [-0.3, -0.25) is 4.79 Å². The number of rotatable bonds is 9. The summed E-state index contributed by atoms with van der Waals surface area (Å²) in [4.78, 5) is 13.8. The molecule has 5 nitrogen and oxygen atoms in total. The normalized spacial score (nSPS) is 12.4. The summed E-state index contributed by atoms with van der Waals surface area (Å²) in [6.45, 7) is 2.55. The first-order chi connectivity index (χ1) is 9.59. The van der Waals surface area contributed by atoms with Gasteiger partial charge in [-0.1, -0.05) is 30.3 Å². The lowest BCUT2D eigenvalue weighted by Crippen LogP contribution is -2.43. The van der Waals surface area contributed by atoms with Crippen LogP contribution in [-0.4, -0.2) is 57.2 Å². The molecule has 1 rings (SSSR count). The molecule has 0 bridgehead atoms. The average molecular weight is 279 g/mol. The minimum atomic E-state index is -0.515. The summed E-state index contributed by atoms with van der Waals surface area (Å²) in [5.41, 5.74) is 6.94. The molecule has 0 aliphatic rings. The monoisotopic (exact) mass is 279 g/mol. The van der Waals surface area contributed by atoms with Gasteiger partial charge >= 0.3 is 0 Å². The van der Waals surface area contributed by atoms with Gasteiger partial charge in [-0.25, -0.2) is 0 Å². The van der Waals surface area contributed by atoms with Gasteiger partial charge in [-0.05, 0) is 26.1 Å². The maximum atomic E-state index is 11.8. The smallest absolute Gasteiger partial charge is 0.237 e. The predicted molar refractivity (Wildman–Crippen MR) is 80.5 cm³/mol. The predicted octanol–water partition coefficient (Wildman–Crippen LogP) is 0.251. The van der Waals surface area contributed by atoms with Crippen LogP contribution in [0.4, 0.5) is 0 Å². The van der Waals surface area contributed by atoms with E-state index in [1.165, 1.54) is 0 Å². The summed E-state index contributed by atoms with van der Waals surface area (Å²) in [5, 5.41) is 2.79. The maximum absolute atomic E-state index is 11.8. The molecule has 0 radical (unpaired) electrons. The molecule has 0 aromatic heterocycles. The number of hydrogen-bond donors (Lipinski definition) is 2. The van der Waals surface area contributed by atoms with Gasteiger partial charge in [0.1, 0.15) is 0 Å². The zero-order valence-electron chi connectivity index (χ0n) is 12.3. The van der Waals surface area contributed by atoms with Crippen LogP contribution in [0.25, 0.3) is 0 Å². The summed E-state index contributed by atoms with van der Waals surface area (Å²) in [6.07, 6.45) is 0.550. The molecule has 0 heterocycles. The molecule has 0 saturated carbocycles. The number of nitrogens with zero attached hydrogens (tertiary/aromatic N) is 1. The van der Waals surface area contributed by atoms with Gasteiger partial charge in [0.05, 0.1) is 19.3 Å². The van der Waals surface area contributed by atoms with E-state index in [2.05, 4.69) is 5.32 Å². The second-order valence-electron chi connectivity index (χ2n) is 5.00. The highest BCUT2D eigenvalue weighted by molar-refractivity contribution is 5.81. The van der Waals surface area contributed by atoms with Gasteiger partial charge in [0.15, 0.2) is 0 Å². The summed E-state index contributed by atoms with van der Waals surface area (Å²) < 4.78 is 5.40. The minimum Gasteiger partial charge on any atom is -0.378 e. The summed E-state index contributed by atoms with van der Waals surface area (Å²) in [7, 11) is 3.99. The number of benzene rings is 1. The lowest BCUT2D eigenvalue weighted by molar-refractivity contribution is -0.122. The molecule has 1 aromatic rings. The lowest BCUT2D eigenvalue weighted by Gasteiger charge is -2.13. The van der Waals surface area contributed by atoms with Crippen molar-refractivity contribution in [3.05, 3.63) is 35.9 Å². The minimum absolute atomic E-state index is 0.134. The zero-order valence-corrected chi connectivity index (χ0v) is 12.3. The van der Waals surface area contributed by atoms with Gasteiger partial charge in [0.2, 0.25) is 5.91 Å². The number of ether oxygens (including phenoxy) is 1. The number of carbonyl (C=O) groups is 1. The molecular formula is C15H25N3O2. The maximum Gasteiger partial charge on any atom is 0.237 e. The second-order valence-corrected chi connectivity index (χ2v) is 5.00. The van der Waals surface area contributed by atoms with E-state index in [1.807, 2.05) is 49.3 Å². The lowest BCUT2D eigenvalue weighted by atomic mass is 10.1. The third kappa shape index (κ3) is 7.23. The van der Waals surface area contributed by atoms with Gasteiger partial charge in [0, 0.05) is 13.1 Å². The molecular weight excluding hydrogens is 254 g/mol. The second kappa shape index (κ2) is 9.47. The number of nitrogens with two attached hydrogens (primary N) is 1. The summed E-state index contributed by atoms with van der Waals surface area (Å²) in [5.74, 6) is -0.134. The first-order valence-electron chi connectivity index (χ1n) is 6.89. The van der Waals surface area contributed by atoms with Crippen molar-refractivity contribution in [1.82, 2.24) is 10.2 Å². The zero-order chi connectivity index (χ0) is 14.8. The Labute approximate surface area is 121 Å². The van der Waals surface area contributed by atoms with E-state index in [0.29, 0.717) is 26.2 Å². The van der Waals surface area contributed by atoms with Crippen LogP contribution >= 0.6 is 0 Å². The van der Waals surface area contributed by atoms with E-state index in [1.54, 1.807) is 0 Å². The summed E-state index contributed by atoms with van der Waals surface area (Å²) >= 11 is 0. The fourth-order valence-corrected chi connectivity index (χ4v) is 1.69. The van der Waals surface area contributed by atoms with Crippen LogP contribution in [0.5, 0.6) is 0 Å². The van der Waals surface area contributed by atoms with Crippen LogP contribution in [0.2, 0.25) is 0 Å². The van der Waals surface area contributed by atoms with E-state index in [4.69, 9.17) is 10.5 Å². The van der Waals surface area contributed by atoms with E-state index < -0.39 is 6.04 Å². The Morgan fingerprint density at radius 3 is 2.65 bits per heavy atom. The highest BCUT2D eigenvalue weighted by Crippen LogP contribution is 2.01. The van der Waals surface area contributed by atoms with E-state index in [9.17, 15) is 4.79 Å². The largest absolute Gasteiger partial charge is 0.378 e. The third-order valence-electron chi connectivity index (χ3n) is 2.86. The molecule has 3 N–H and O–H groups in total. The van der Waals surface area contributed by atoms with Crippen molar-refractivity contribution in [1.29, 1.82) is 0 Å². The van der Waals surface area contributed by atoms with Crippen molar-refractivity contribution in [3.63, 3.8) is 0 Å². The van der Waals surface area contributed by atoms with Crippen molar-refractivity contribution in [2.75, 3.05) is 40.4 Å². The Kier molecular flexibility index (Phi) is 7.87. The molecule has 0 aliphatic carbocycles. The van der Waals surface area contributed by atoms with E-state index in [-0.39, 0.29) is 5.91 Å². The number of carbonyl (C=O) groups excluding carboxylic acids is 1. The van der Waals surface area contributed by atoms with Crippen LogP contribution in [0.3, 0.4) is 0 Å². The average Bonchev–Trinajstić information content (AvgIpc) is 2.43. The highest BCUT2D eigenvalue weighted by Gasteiger charge is 2.13. The third-order valence-corrected chi connectivity index (χ3v) is 2.86. The molecule has 0 aliphatic heterocycles. The first kappa shape index (κ1) is 16.6. The van der Waals surface area contributed by atoms with Gasteiger partial charge in [-0.15, -0.1) is 0 Å². The number of likely N-dealkylation sites (N-methyl/N-ethyl adjacent to an activating group) is 1. The van der Waals surface area contributed by atoms with E-state index in [0.717, 1.165) is 12.1 Å². The van der Waals surface area contributed by atoms with Crippen molar-refractivity contribution >= 4 is 5.91 Å². The number of amides is 1. The van der Waals surface area contributed by atoms with Gasteiger partial charge in [-0.2, -0.15) is 0 Å². The topological polar surface area (TPSA) is 67.6 Å². The quantitative estimate of drug-likeness (QED) is 0.636. The molecule has 1 amide bonds. The number of nitrogens with one attached hydrogen (secondary N) is 1. The number of hydrogen-bond acceptors (Lipinski definition) is 4. The van der Waals surface area contributed by atoms with Crippen LogP contribution in [0, 0.1) is 0 Å². The highest BCUT2D eigenvalue weighted by atomic mass is 16.5. The Morgan fingerprint density at radius 2 is 2.00 bits per heavy atom. The molecule has 20 heavy (non-hydrogen) atoms. The molecule has 0 unspecified atom stereocenters. The fourth-order valence-electron chi connectivity index (χ4n) is 1.69. The Hall–Kier alpha value is -1.43. The van der Waals surface area contributed by atoms with Gasteiger partial charge < -0.3 is 20.7 Å². The summed E-state index contributed by atoms with van der Waals surface area (Å²) in [6, 6.07) is 9.26. The Bertz CT molecular complexity index is 382. The molecule has 1 aromatic carbocycles. The Morgan fingerprint density at radius 1 is 1.30 bits per heavy atom. The first-order valence-corrected chi connectivity index (χ1v) is 6.89. The SMILES string of the molecule is CN(C)CCOCCNC(=O)[C@H](N)Cc1ccccc1. The molecule has 0 saturated heterocycles. The fraction of sp³-hybridized carbons (Fsp3) is 0.533. The van der Waals surface area contributed by atoms with Crippen molar-refractivity contribution in [2.45, 2.75) is 12.5 Å². The molecule has 1 atom stereocenters. The molecule has 5 heteroatoms. The Balaban J connectivity index is 2.13.